The smallest absolute Gasteiger partial charge is 0.215 e. The number of benzene rings is 1. The Balaban J connectivity index is 0.00000264. The number of hydrogen-bond acceptors (Lipinski definition) is 4. The first-order valence-corrected chi connectivity index (χ1v) is 7.16. The molecule has 1 aromatic heterocycles. The maximum Gasteiger partial charge on any atom is 0.215 e. The molecule has 0 amide bonds. The number of aromatic nitrogens is 2. The van der Waals surface area contributed by atoms with E-state index in [1.165, 1.54) is 4.68 Å². The van der Waals surface area contributed by atoms with Gasteiger partial charge < -0.3 is 14.8 Å². The SMILES string of the molecule is COc1ccc(CCNCc2c(C)nn(C)c2F)cc1OC.Cl. The number of aryl methyl sites for hydroxylation is 2. The van der Waals surface area contributed by atoms with Crippen LogP contribution in [0.5, 0.6) is 11.5 Å². The second-order valence-electron chi connectivity index (χ2n) is 5.09. The van der Waals surface area contributed by atoms with Crippen molar-refractivity contribution in [3.05, 3.63) is 41.0 Å². The molecule has 2 aromatic rings. The Bertz CT molecular complexity index is 646. The molecule has 0 aliphatic heterocycles. The number of halogens is 2. The molecule has 0 fully saturated rings. The Labute approximate surface area is 142 Å². The van der Waals surface area contributed by atoms with Crippen molar-refractivity contribution in [2.75, 3.05) is 20.8 Å². The maximum atomic E-state index is 13.8. The minimum atomic E-state index is -0.281. The Morgan fingerprint density at radius 3 is 2.48 bits per heavy atom. The summed E-state index contributed by atoms with van der Waals surface area (Å²) in [5.41, 5.74) is 2.47. The molecule has 2 rings (SSSR count). The molecule has 5 nitrogen and oxygen atoms in total. The molecule has 0 saturated carbocycles. The van der Waals surface area contributed by atoms with Gasteiger partial charge in [-0.2, -0.15) is 9.49 Å². The highest BCUT2D eigenvalue weighted by atomic mass is 35.5. The normalized spacial score (nSPS) is 10.3. The van der Waals surface area contributed by atoms with Crippen molar-refractivity contribution in [1.29, 1.82) is 0 Å². The molecule has 0 unspecified atom stereocenters. The molecule has 1 aromatic carbocycles. The van der Waals surface area contributed by atoms with E-state index < -0.39 is 0 Å². The van der Waals surface area contributed by atoms with Gasteiger partial charge in [-0.25, -0.2) is 4.68 Å². The fourth-order valence-corrected chi connectivity index (χ4v) is 2.36. The van der Waals surface area contributed by atoms with Crippen LogP contribution in [0.4, 0.5) is 4.39 Å². The third kappa shape index (κ3) is 4.59. The van der Waals surface area contributed by atoms with E-state index in [2.05, 4.69) is 10.4 Å². The van der Waals surface area contributed by atoms with Crippen LogP contribution in [0.25, 0.3) is 0 Å². The van der Waals surface area contributed by atoms with Gasteiger partial charge in [0.05, 0.1) is 19.9 Å². The van der Waals surface area contributed by atoms with Gasteiger partial charge in [0.1, 0.15) is 0 Å². The molecular weight excluding hydrogens is 321 g/mol. The van der Waals surface area contributed by atoms with Crippen LogP contribution in [0.1, 0.15) is 16.8 Å². The van der Waals surface area contributed by atoms with E-state index in [0.717, 1.165) is 24.2 Å². The minimum absolute atomic E-state index is 0. The fourth-order valence-electron chi connectivity index (χ4n) is 2.36. The van der Waals surface area contributed by atoms with E-state index in [-0.39, 0.29) is 18.4 Å². The summed E-state index contributed by atoms with van der Waals surface area (Å²) in [5.74, 6) is 1.15. The first kappa shape index (κ1) is 19.3. The van der Waals surface area contributed by atoms with Gasteiger partial charge in [-0.3, -0.25) is 0 Å². The quantitative estimate of drug-likeness (QED) is 0.785. The fraction of sp³-hybridized carbons (Fsp3) is 0.438. The number of ether oxygens (including phenoxy) is 2. The van der Waals surface area contributed by atoms with Gasteiger partial charge in [0.15, 0.2) is 11.5 Å². The zero-order valence-electron chi connectivity index (χ0n) is 13.9. The molecule has 0 saturated heterocycles. The van der Waals surface area contributed by atoms with Crippen molar-refractivity contribution < 1.29 is 13.9 Å². The standard InChI is InChI=1S/C16H22FN3O2.ClH/c1-11-13(16(17)20(2)19-11)10-18-8-7-12-5-6-14(21-3)15(9-12)22-4;/h5-6,9,18H,7-8,10H2,1-4H3;1H. The van der Waals surface area contributed by atoms with Crippen LogP contribution in [0.3, 0.4) is 0 Å². The van der Waals surface area contributed by atoms with Crippen LogP contribution >= 0.6 is 12.4 Å². The Kier molecular flexibility index (Phi) is 7.32. The van der Waals surface area contributed by atoms with Crippen molar-refractivity contribution in [2.24, 2.45) is 7.05 Å². The van der Waals surface area contributed by atoms with E-state index >= 15 is 0 Å². The summed E-state index contributed by atoms with van der Waals surface area (Å²) >= 11 is 0. The molecule has 0 aliphatic rings. The molecule has 0 spiro atoms. The molecule has 0 atom stereocenters. The number of methoxy groups -OCH3 is 2. The lowest BCUT2D eigenvalue weighted by molar-refractivity contribution is 0.354. The van der Waals surface area contributed by atoms with Gasteiger partial charge in [-0.1, -0.05) is 6.07 Å². The Morgan fingerprint density at radius 2 is 1.91 bits per heavy atom. The van der Waals surface area contributed by atoms with Crippen molar-refractivity contribution in [3.63, 3.8) is 0 Å². The van der Waals surface area contributed by atoms with Gasteiger partial charge in [0.25, 0.3) is 0 Å². The highest BCUT2D eigenvalue weighted by molar-refractivity contribution is 5.85. The Hall–Kier alpha value is -1.79. The van der Waals surface area contributed by atoms with E-state index in [9.17, 15) is 4.39 Å². The first-order chi connectivity index (χ1) is 10.6. The average Bonchev–Trinajstić information content (AvgIpc) is 2.76. The predicted molar refractivity (Wildman–Crippen MR) is 90.1 cm³/mol. The third-order valence-corrected chi connectivity index (χ3v) is 3.61. The lowest BCUT2D eigenvalue weighted by atomic mass is 10.1. The molecule has 23 heavy (non-hydrogen) atoms. The molecular formula is C16H23ClFN3O2. The Morgan fingerprint density at radius 1 is 1.22 bits per heavy atom. The predicted octanol–water partition coefficient (Wildman–Crippen LogP) is 2.64. The monoisotopic (exact) mass is 343 g/mol. The van der Waals surface area contributed by atoms with Crippen LogP contribution in [0, 0.1) is 12.9 Å². The largest absolute Gasteiger partial charge is 0.493 e. The summed E-state index contributed by atoms with van der Waals surface area (Å²) < 4.78 is 25.5. The highest BCUT2D eigenvalue weighted by Crippen LogP contribution is 2.27. The van der Waals surface area contributed by atoms with Gasteiger partial charge in [0.2, 0.25) is 5.95 Å². The van der Waals surface area contributed by atoms with Crippen LogP contribution in [0.2, 0.25) is 0 Å². The van der Waals surface area contributed by atoms with Gasteiger partial charge in [0, 0.05) is 19.2 Å². The van der Waals surface area contributed by atoms with Gasteiger partial charge in [-0.15, -0.1) is 12.4 Å². The third-order valence-electron chi connectivity index (χ3n) is 3.61. The lowest BCUT2D eigenvalue weighted by Gasteiger charge is -2.10. The average molecular weight is 344 g/mol. The minimum Gasteiger partial charge on any atom is -0.493 e. The number of rotatable bonds is 7. The summed E-state index contributed by atoms with van der Waals surface area (Å²) in [6.45, 7) is 3.02. The molecule has 1 N–H and O–H groups in total. The number of nitrogens with zero attached hydrogens (tertiary/aromatic N) is 2. The second kappa shape index (κ2) is 8.74. The summed E-state index contributed by atoms with van der Waals surface area (Å²) in [6, 6.07) is 5.84. The highest BCUT2D eigenvalue weighted by Gasteiger charge is 2.12. The molecule has 7 heteroatoms. The zero-order valence-corrected chi connectivity index (χ0v) is 14.7. The molecule has 128 valence electrons. The summed E-state index contributed by atoms with van der Waals surface area (Å²) in [7, 11) is 4.84. The molecule has 0 bridgehead atoms. The van der Waals surface area contributed by atoms with Crippen molar-refractivity contribution in [3.8, 4) is 11.5 Å². The second-order valence-corrected chi connectivity index (χ2v) is 5.09. The van der Waals surface area contributed by atoms with Gasteiger partial charge >= 0.3 is 0 Å². The maximum absolute atomic E-state index is 13.8. The van der Waals surface area contributed by atoms with Crippen LogP contribution in [-0.4, -0.2) is 30.5 Å². The van der Waals surface area contributed by atoms with E-state index in [0.29, 0.717) is 23.6 Å². The topological polar surface area (TPSA) is 48.3 Å². The van der Waals surface area contributed by atoms with Crippen LogP contribution < -0.4 is 14.8 Å². The summed E-state index contributed by atoms with van der Waals surface area (Å²) in [5, 5.41) is 7.31. The van der Waals surface area contributed by atoms with E-state index in [1.54, 1.807) is 21.3 Å². The van der Waals surface area contributed by atoms with Crippen LogP contribution in [0.15, 0.2) is 18.2 Å². The van der Waals surface area contributed by atoms with Crippen molar-refractivity contribution >= 4 is 12.4 Å². The number of hydrogen-bond donors (Lipinski definition) is 1. The zero-order chi connectivity index (χ0) is 16.1. The summed E-state index contributed by atoms with van der Waals surface area (Å²) in [4.78, 5) is 0. The van der Waals surface area contributed by atoms with Crippen molar-refractivity contribution in [2.45, 2.75) is 19.9 Å². The first-order valence-electron chi connectivity index (χ1n) is 7.16. The molecule has 0 radical (unpaired) electrons. The number of nitrogens with one attached hydrogen (secondary N) is 1. The van der Waals surface area contributed by atoms with Crippen molar-refractivity contribution in [1.82, 2.24) is 15.1 Å². The molecule has 0 aliphatic carbocycles. The summed E-state index contributed by atoms with van der Waals surface area (Å²) in [6.07, 6.45) is 0.821. The lowest BCUT2D eigenvalue weighted by Crippen LogP contribution is -2.17. The van der Waals surface area contributed by atoms with E-state index in [4.69, 9.17) is 9.47 Å². The van der Waals surface area contributed by atoms with Gasteiger partial charge in [-0.05, 0) is 37.6 Å². The van der Waals surface area contributed by atoms with Crippen LogP contribution in [-0.2, 0) is 20.0 Å². The molecule has 1 heterocycles. The van der Waals surface area contributed by atoms with E-state index in [1.807, 2.05) is 25.1 Å².